The van der Waals surface area contributed by atoms with Crippen molar-refractivity contribution in [2.75, 3.05) is 0 Å². The predicted octanol–water partition coefficient (Wildman–Crippen LogP) is 4.76. The summed E-state index contributed by atoms with van der Waals surface area (Å²) >= 11 is 0. The summed E-state index contributed by atoms with van der Waals surface area (Å²) in [5.74, 6) is 0.513. The van der Waals surface area contributed by atoms with Gasteiger partial charge in [-0.05, 0) is 36.1 Å². The lowest BCUT2D eigenvalue weighted by Gasteiger charge is -2.13. The van der Waals surface area contributed by atoms with E-state index in [1.54, 1.807) is 0 Å². The van der Waals surface area contributed by atoms with Crippen molar-refractivity contribution in [1.29, 1.82) is 0 Å². The summed E-state index contributed by atoms with van der Waals surface area (Å²) in [6.45, 7) is 6.71. The molecule has 106 valence electrons. The Morgan fingerprint density at radius 2 is 1.57 bits per heavy atom. The molecular weight excluding hydrogens is 254 g/mol. The first-order valence-electron chi connectivity index (χ1n) is 7.57. The molecule has 0 aliphatic heterocycles. The molecule has 0 saturated heterocycles. The Labute approximate surface area is 126 Å². The van der Waals surface area contributed by atoms with Crippen LogP contribution in [0, 0.1) is 6.92 Å². The van der Waals surface area contributed by atoms with Gasteiger partial charge in [0.25, 0.3) is 0 Å². The van der Waals surface area contributed by atoms with Gasteiger partial charge in [0.15, 0.2) is 0 Å². The number of pyridine rings is 1. The van der Waals surface area contributed by atoms with Gasteiger partial charge in [0, 0.05) is 23.1 Å². The molecule has 2 aromatic carbocycles. The van der Waals surface area contributed by atoms with Crippen LogP contribution in [-0.4, -0.2) is 0 Å². The van der Waals surface area contributed by atoms with Gasteiger partial charge in [0.1, 0.15) is 7.05 Å². The highest BCUT2D eigenvalue weighted by molar-refractivity contribution is 5.82. The van der Waals surface area contributed by atoms with E-state index in [2.05, 4.69) is 87.0 Å². The summed E-state index contributed by atoms with van der Waals surface area (Å²) in [6.07, 6.45) is 0. The van der Waals surface area contributed by atoms with Gasteiger partial charge >= 0.3 is 0 Å². The second-order valence-electron chi connectivity index (χ2n) is 6.03. The van der Waals surface area contributed by atoms with E-state index < -0.39 is 0 Å². The Morgan fingerprint density at radius 1 is 0.905 bits per heavy atom. The normalized spacial score (nSPS) is 11.3. The molecule has 0 atom stereocenters. The molecule has 0 saturated carbocycles. The molecule has 21 heavy (non-hydrogen) atoms. The zero-order chi connectivity index (χ0) is 15.0. The predicted molar refractivity (Wildman–Crippen MR) is 89.4 cm³/mol. The van der Waals surface area contributed by atoms with Crippen molar-refractivity contribution >= 4 is 10.9 Å². The first-order chi connectivity index (χ1) is 10.1. The first kappa shape index (κ1) is 13.8. The molecule has 0 aliphatic rings. The summed E-state index contributed by atoms with van der Waals surface area (Å²) < 4.78 is 2.31. The van der Waals surface area contributed by atoms with Gasteiger partial charge in [-0.1, -0.05) is 44.2 Å². The number of rotatable bonds is 2. The molecule has 0 bridgehead atoms. The maximum absolute atomic E-state index is 2.36. The number of hydrogen-bond acceptors (Lipinski definition) is 0. The lowest BCUT2D eigenvalue weighted by atomic mass is 9.94. The van der Waals surface area contributed by atoms with E-state index in [0.717, 1.165) is 0 Å². The zero-order valence-corrected chi connectivity index (χ0v) is 13.2. The molecule has 1 heterocycles. The third kappa shape index (κ3) is 2.33. The van der Waals surface area contributed by atoms with E-state index in [4.69, 9.17) is 0 Å². The Hall–Kier alpha value is -2.15. The SMILES string of the molecule is Cc1ccccc1-c1cc(C(C)C)c2ccccc2[n+]1C. The van der Waals surface area contributed by atoms with Crippen molar-refractivity contribution in [3.63, 3.8) is 0 Å². The minimum atomic E-state index is 0.513. The number of fused-ring (bicyclic) bond motifs is 1. The summed E-state index contributed by atoms with van der Waals surface area (Å²) in [5, 5.41) is 1.35. The molecule has 3 aromatic rings. The van der Waals surface area contributed by atoms with Gasteiger partial charge < -0.3 is 0 Å². The second kappa shape index (κ2) is 5.33. The quantitative estimate of drug-likeness (QED) is 0.594. The van der Waals surface area contributed by atoms with Crippen molar-refractivity contribution in [2.45, 2.75) is 26.7 Å². The average Bonchev–Trinajstić information content (AvgIpc) is 2.48. The summed E-state index contributed by atoms with van der Waals surface area (Å²) in [7, 11) is 2.16. The number of hydrogen-bond donors (Lipinski definition) is 0. The Morgan fingerprint density at radius 3 is 2.29 bits per heavy atom. The van der Waals surface area contributed by atoms with Gasteiger partial charge in [0.05, 0.1) is 0 Å². The molecular formula is C20H22N+. The van der Waals surface area contributed by atoms with E-state index >= 15 is 0 Å². The minimum absolute atomic E-state index is 0.513. The summed E-state index contributed by atoms with van der Waals surface area (Å²) in [5.41, 5.74) is 6.63. The fraction of sp³-hybridized carbons (Fsp3) is 0.250. The average molecular weight is 276 g/mol. The highest BCUT2D eigenvalue weighted by atomic mass is 14.9. The molecule has 0 spiro atoms. The Kier molecular flexibility index (Phi) is 3.50. The Bertz CT molecular complexity index is 800. The van der Waals surface area contributed by atoms with Crippen LogP contribution in [0.3, 0.4) is 0 Å². The summed E-state index contributed by atoms with van der Waals surface area (Å²) in [6, 6.07) is 19.7. The van der Waals surface area contributed by atoms with E-state index in [1.165, 1.54) is 33.3 Å². The molecule has 0 N–H and O–H groups in total. The fourth-order valence-corrected chi connectivity index (χ4v) is 3.06. The lowest BCUT2D eigenvalue weighted by molar-refractivity contribution is -0.633. The van der Waals surface area contributed by atoms with Crippen molar-refractivity contribution in [2.24, 2.45) is 7.05 Å². The third-order valence-electron chi connectivity index (χ3n) is 4.27. The highest BCUT2D eigenvalue weighted by Gasteiger charge is 2.19. The first-order valence-corrected chi connectivity index (χ1v) is 7.57. The van der Waals surface area contributed by atoms with Crippen LogP contribution >= 0.6 is 0 Å². The number of nitrogens with zero attached hydrogens (tertiary/aromatic N) is 1. The van der Waals surface area contributed by atoms with E-state index in [9.17, 15) is 0 Å². The van der Waals surface area contributed by atoms with Crippen LogP contribution in [0.15, 0.2) is 54.6 Å². The molecule has 0 unspecified atom stereocenters. The minimum Gasteiger partial charge on any atom is -0.194 e. The van der Waals surface area contributed by atoms with Crippen LogP contribution in [0.5, 0.6) is 0 Å². The van der Waals surface area contributed by atoms with E-state index in [1.807, 2.05) is 0 Å². The molecule has 0 fully saturated rings. The largest absolute Gasteiger partial charge is 0.213 e. The standard InChI is InChI=1S/C20H22N/c1-14(2)18-13-20(16-10-6-5-9-15(16)3)21(4)19-12-8-7-11-17(18)19/h5-14H,1-4H3/q+1. The van der Waals surface area contributed by atoms with Crippen molar-refractivity contribution in [3.05, 3.63) is 65.7 Å². The van der Waals surface area contributed by atoms with Crippen LogP contribution in [0.1, 0.15) is 30.9 Å². The number of benzene rings is 2. The highest BCUT2D eigenvalue weighted by Crippen LogP contribution is 2.29. The van der Waals surface area contributed by atoms with Crippen molar-refractivity contribution in [3.8, 4) is 11.3 Å². The maximum atomic E-state index is 2.36. The third-order valence-corrected chi connectivity index (χ3v) is 4.27. The van der Waals surface area contributed by atoms with Crippen LogP contribution < -0.4 is 4.57 Å². The number of aromatic nitrogens is 1. The van der Waals surface area contributed by atoms with Gasteiger partial charge in [-0.2, -0.15) is 4.57 Å². The van der Waals surface area contributed by atoms with Gasteiger partial charge in [-0.15, -0.1) is 0 Å². The molecule has 0 radical (unpaired) electrons. The topological polar surface area (TPSA) is 3.88 Å². The van der Waals surface area contributed by atoms with Gasteiger partial charge in [0.2, 0.25) is 11.2 Å². The van der Waals surface area contributed by atoms with E-state index in [0.29, 0.717) is 5.92 Å². The number of aryl methyl sites for hydroxylation is 2. The summed E-state index contributed by atoms with van der Waals surface area (Å²) in [4.78, 5) is 0. The monoisotopic (exact) mass is 276 g/mol. The second-order valence-corrected chi connectivity index (χ2v) is 6.03. The molecule has 1 aromatic heterocycles. The molecule has 0 amide bonds. The van der Waals surface area contributed by atoms with Crippen molar-refractivity contribution < 1.29 is 4.57 Å². The molecule has 1 heteroatoms. The lowest BCUT2D eigenvalue weighted by Crippen LogP contribution is -2.32. The van der Waals surface area contributed by atoms with E-state index in [-0.39, 0.29) is 0 Å². The fourth-order valence-electron chi connectivity index (χ4n) is 3.06. The van der Waals surface area contributed by atoms with Gasteiger partial charge in [-0.3, -0.25) is 0 Å². The van der Waals surface area contributed by atoms with Crippen LogP contribution in [0.25, 0.3) is 22.2 Å². The molecule has 0 aliphatic carbocycles. The van der Waals surface area contributed by atoms with Crippen LogP contribution in [-0.2, 0) is 7.05 Å². The van der Waals surface area contributed by atoms with Gasteiger partial charge in [-0.25, -0.2) is 0 Å². The van der Waals surface area contributed by atoms with Crippen LogP contribution in [0.2, 0.25) is 0 Å². The molecule has 3 rings (SSSR count). The Balaban J connectivity index is 2.39. The van der Waals surface area contributed by atoms with Crippen LogP contribution in [0.4, 0.5) is 0 Å². The van der Waals surface area contributed by atoms with Crippen molar-refractivity contribution in [1.82, 2.24) is 0 Å². The zero-order valence-electron chi connectivity index (χ0n) is 13.2. The number of para-hydroxylation sites is 1. The molecule has 1 nitrogen and oxygen atoms in total. The smallest absolute Gasteiger partial charge is 0.194 e. The maximum Gasteiger partial charge on any atom is 0.213 e.